The molecule has 0 N–H and O–H groups in total. The van der Waals surface area contributed by atoms with Gasteiger partial charge in [0.1, 0.15) is 0 Å². The fourth-order valence-electron chi connectivity index (χ4n) is 6.31. The molecular formula is C16H2F30. The highest BCUT2D eigenvalue weighted by atomic mass is 19.5. The number of hydrogen-bond donors (Lipinski definition) is 0. The summed E-state index contributed by atoms with van der Waals surface area (Å²) in [4.78, 5) is 0. The van der Waals surface area contributed by atoms with E-state index < -0.39 is 95.3 Å². The van der Waals surface area contributed by atoms with Crippen molar-refractivity contribution >= 4 is 0 Å². The highest BCUT2D eigenvalue weighted by Crippen LogP contribution is 2.96. The molecular weight excluding hydrogens is 762 g/mol. The fourth-order valence-corrected chi connectivity index (χ4v) is 6.31. The van der Waals surface area contributed by atoms with E-state index in [0.29, 0.717) is 0 Å². The summed E-state index contributed by atoms with van der Waals surface area (Å²) in [5.74, 6) is 0. The number of hydrogen-bond acceptors (Lipinski definition) is 0. The van der Waals surface area contributed by atoms with Gasteiger partial charge in [0, 0.05) is 0 Å². The molecule has 46 heavy (non-hydrogen) atoms. The molecule has 0 bridgehead atoms. The van der Waals surface area contributed by atoms with Gasteiger partial charge in [-0.25, -0.2) is 0 Å². The Bertz CT molecular complexity index is 976. The molecule has 0 aliphatic heterocycles. The van der Waals surface area contributed by atoms with E-state index in [9.17, 15) is 132 Å². The fraction of sp³-hybridized carbons (Fsp3) is 1.00. The molecule has 0 spiro atoms. The largest absolute Gasteiger partial charge is 0.405 e. The van der Waals surface area contributed by atoms with Gasteiger partial charge in [0.2, 0.25) is 16.2 Å². The second kappa shape index (κ2) is 9.53. The van der Waals surface area contributed by atoms with Crippen LogP contribution in [-0.4, -0.2) is 61.8 Å². The summed E-state index contributed by atoms with van der Waals surface area (Å²) in [5.41, 5.74) is -54.2. The SMILES string of the molecule is FC(F)(F)C1(C(F)(F)F)CC(C(F)(F)F)(C(F)(F)F)C(C(F)(F)F)(C(F)(F)F)C(C(F)(F)F)(C(F)(F)F)C1(C(F)(F)F)C(F)(F)F. The third-order valence-corrected chi connectivity index (χ3v) is 7.42. The summed E-state index contributed by atoms with van der Waals surface area (Å²) < 4.78 is 423. The minimum Gasteiger partial charge on any atom is -0.170 e. The van der Waals surface area contributed by atoms with Crippen LogP contribution in [-0.2, 0) is 0 Å². The summed E-state index contributed by atoms with van der Waals surface area (Å²) in [6.07, 6.45) is -109. The summed E-state index contributed by atoms with van der Waals surface area (Å²) in [7, 11) is 0. The van der Waals surface area contributed by atoms with E-state index in [1.807, 2.05) is 0 Å². The Hall–Kier alpha value is -2.10. The van der Waals surface area contributed by atoms with Crippen molar-refractivity contribution in [3.8, 4) is 0 Å². The Kier molecular flexibility index (Phi) is 8.69. The van der Waals surface area contributed by atoms with Gasteiger partial charge in [-0.15, -0.1) is 0 Å². The van der Waals surface area contributed by atoms with Crippen LogP contribution in [0.2, 0.25) is 0 Å². The Morgan fingerprint density at radius 3 is 0.413 bits per heavy atom. The van der Waals surface area contributed by atoms with Crippen molar-refractivity contribution in [1.29, 1.82) is 0 Å². The minimum absolute atomic E-state index is 7.19. The number of rotatable bonds is 0. The molecule has 0 nitrogen and oxygen atoms in total. The first-order chi connectivity index (χ1) is 19.2. The first-order valence-corrected chi connectivity index (χ1v) is 9.88. The van der Waals surface area contributed by atoms with Crippen molar-refractivity contribution < 1.29 is 132 Å². The predicted molar refractivity (Wildman–Crippen MR) is 77.3 cm³/mol. The molecule has 276 valence electrons. The lowest BCUT2D eigenvalue weighted by Crippen LogP contribution is -2.95. The first-order valence-electron chi connectivity index (χ1n) is 9.88. The molecule has 0 unspecified atom stereocenters. The maximum absolute atomic E-state index is 14.3. The number of alkyl halides is 30. The monoisotopic (exact) mass is 764 g/mol. The Morgan fingerprint density at radius 2 is 0.326 bits per heavy atom. The minimum atomic E-state index is -11.6. The van der Waals surface area contributed by atoms with Gasteiger partial charge < -0.3 is 0 Å². The van der Waals surface area contributed by atoms with E-state index in [0.717, 1.165) is 0 Å². The Morgan fingerprint density at radius 1 is 0.196 bits per heavy atom. The van der Waals surface area contributed by atoms with Crippen LogP contribution in [0, 0.1) is 27.1 Å². The molecule has 0 amide bonds. The second-order valence-electron chi connectivity index (χ2n) is 9.22. The molecule has 0 saturated heterocycles. The van der Waals surface area contributed by atoms with Crippen molar-refractivity contribution in [2.75, 3.05) is 0 Å². The molecule has 1 rings (SSSR count). The lowest BCUT2D eigenvalue weighted by Gasteiger charge is -2.72. The van der Waals surface area contributed by atoms with Crippen LogP contribution in [0.1, 0.15) is 6.42 Å². The van der Waals surface area contributed by atoms with Crippen LogP contribution >= 0.6 is 0 Å². The van der Waals surface area contributed by atoms with E-state index >= 15 is 0 Å². The summed E-state index contributed by atoms with van der Waals surface area (Å²) >= 11 is 0. The maximum atomic E-state index is 14.3. The van der Waals surface area contributed by atoms with E-state index in [1.165, 1.54) is 0 Å². The smallest absolute Gasteiger partial charge is 0.170 e. The van der Waals surface area contributed by atoms with Crippen molar-refractivity contribution in [2.24, 2.45) is 27.1 Å². The Labute approximate surface area is 228 Å². The molecule has 0 aromatic heterocycles. The number of halogens is 30. The standard InChI is InChI=1S/C16H2F30/c17-7(18,19)2(8(20,21)22)1-3(9(23,24)25,10(26,27)28)5(13(35,36)37,14(38,39)40)6(15(41,42)43,16(44,45)46)4(2,11(29,30)31)12(32,33)34/h1H2. The van der Waals surface area contributed by atoms with Crippen LogP contribution in [0.3, 0.4) is 0 Å². The van der Waals surface area contributed by atoms with Gasteiger partial charge in [0.25, 0.3) is 0 Å². The quantitative estimate of drug-likeness (QED) is 0.216. The predicted octanol–water partition coefficient (Wildman–Crippen LogP) is 10.9. The van der Waals surface area contributed by atoms with Crippen LogP contribution < -0.4 is 0 Å². The van der Waals surface area contributed by atoms with Gasteiger partial charge in [0.15, 0.2) is 10.8 Å². The van der Waals surface area contributed by atoms with Crippen molar-refractivity contribution in [3.63, 3.8) is 0 Å². The lowest BCUT2D eigenvalue weighted by atomic mass is 9.28. The first kappa shape index (κ1) is 41.9. The summed E-state index contributed by atoms with van der Waals surface area (Å²) in [6, 6.07) is 0. The van der Waals surface area contributed by atoms with Crippen LogP contribution in [0.15, 0.2) is 0 Å². The van der Waals surface area contributed by atoms with Crippen LogP contribution in [0.4, 0.5) is 132 Å². The maximum Gasteiger partial charge on any atom is 0.405 e. The van der Waals surface area contributed by atoms with Gasteiger partial charge in [0.05, 0.1) is 0 Å². The van der Waals surface area contributed by atoms with Gasteiger partial charge in [-0.2, -0.15) is 132 Å². The topological polar surface area (TPSA) is 0 Å². The zero-order chi connectivity index (χ0) is 38.2. The van der Waals surface area contributed by atoms with Crippen molar-refractivity contribution in [3.05, 3.63) is 0 Å². The van der Waals surface area contributed by atoms with Gasteiger partial charge >= 0.3 is 61.8 Å². The zero-order valence-electron chi connectivity index (χ0n) is 19.5. The van der Waals surface area contributed by atoms with Gasteiger partial charge in [-0.3, -0.25) is 0 Å². The highest BCUT2D eigenvalue weighted by Gasteiger charge is 3.18. The van der Waals surface area contributed by atoms with E-state index in [2.05, 4.69) is 0 Å². The second-order valence-corrected chi connectivity index (χ2v) is 9.22. The normalized spacial score (nSPS) is 23.3. The average Bonchev–Trinajstić information content (AvgIpc) is 2.62. The van der Waals surface area contributed by atoms with Crippen molar-refractivity contribution in [1.82, 2.24) is 0 Å². The molecule has 0 atom stereocenters. The molecule has 1 aliphatic rings. The summed E-state index contributed by atoms with van der Waals surface area (Å²) in [5, 5.41) is 0. The third kappa shape index (κ3) is 4.15. The van der Waals surface area contributed by atoms with Crippen LogP contribution in [0.25, 0.3) is 0 Å². The van der Waals surface area contributed by atoms with E-state index in [1.54, 1.807) is 0 Å². The average molecular weight is 764 g/mol. The highest BCUT2D eigenvalue weighted by molar-refractivity contribution is 5.38. The Balaban J connectivity index is 6.02. The molecule has 0 aromatic carbocycles. The summed E-state index contributed by atoms with van der Waals surface area (Å²) in [6.45, 7) is 0. The van der Waals surface area contributed by atoms with E-state index in [4.69, 9.17) is 0 Å². The molecule has 1 saturated carbocycles. The molecule has 30 heteroatoms. The van der Waals surface area contributed by atoms with Gasteiger partial charge in [-0.1, -0.05) is 0 Å². The van der Waals surface area contributed by atoms with Crippen molar-refractivity contribution in [2.45, 2.75) is 68.2 Å². The molecule has 0 heterocycles. The van der Waals surface area contributed by atoms with E-state index in [-0.39, 0.29) is 0 Å². The molecule has 1 aliphatic carbocycles. The third-order valence-electron chi connectivity index (χ3n) is 7.42. The lowest BCUT2D eigenvalue weighted by molar-refractivity contribution is -0.642. The molecule has 1 fully saturated rings. The van der Waals surface area contributed by atoms with Gasteiger partial charge in [-0.05, 0) is 6.42 Å². The molecule has 0 radical (unpaired) electrons. The van der Waals surface area contributed by atoms with Crippen LogP contribution in [0.5, 0.6) is 0 Å². The zero-order valence-corrected chi connectivity index (χ0v) is 19.5. The molecule has 0 aromatic rings.